The van der Waals surface area contributed by atoms with E-state index in [-0.39, 0.29) is 0 Å². The van der Waals surface area contributed by atoms with Crippen LogP contribution in [0.1, 0.15) is 43.8 Å². The highest BCUT2D eigenvalue weighted by Crippen LogP contribution is 2.15. The third-order valence-electron chi connectivity index (χ3n) is 3.90. The van der Waals surface area contributed by atoms with Gasteiger partial charge < -0.3 is 14.6 Å². The zero-order chi connectivity index (χ0) is 12.2. The highest BCUT2D eigenvalue weighted by molar-refractivity contribution is 4.97. The number of aryl methyl sites for hydroxylation is 1. The third kappa shape index (κ3) is 2.72. The Balaban J connectivity index is 1.49. The van der Waals surface area contributed by atoms with E-state index in [1.54, 1.807) is 0 Å². The van der Waals surface area contributed by atoms with Crippen molar-refractivity contribution in [2.45, 2.75) is 57.7 Å². The summed E-state index contributed by atoms with van der Waals surface area (Å²) in [5.74, 6) is 2.14. The molecule has 0 radical (unpaired) electrons. The largest absolute Gasteiger partial charge is 0.372 e. The number of piperidine rings is 1. The van der Waals surface area contributed by atoms with Gasteiger partial charge in [-0.1, -0.05) is 6.42 Å². The number of rotatable bonds is 4. The van der Waals surface area contributed by atoms with Gasteiger partial charge in [0.05, 0.1) is 6.61 Å². The van der Waals surface area contributed by atoms with Crippen molar-refractivity contribution in [1.82, 2.24) is 20.1 Å². The number of fused-ring (bicyclic) bond motifs is 1. The maximum absolute atomic E-state index is 5.80. The van der Waals surface area contributed by atoms with Crippen molar-refractivity contribution in [3.05, 3.63) is 11.6 Å². The molecule has 5 heteroatoms. The monoisotopic (exact) mass is 250 g/mol. The van der Waals surface area contributed by atoms with Crippen LogP contribution < -0.4 is 5.32 Å². The van der Waals surface area contributed by atoms with Crippen molar-refractivity contribution in [2.24, 2.45) is 0 Å². The number of nitrogens with zero attached hydrogens (tertiary/aromatic N) is 3. The van der Waals surface area contributed by atoms with Crippen LogP contribution in [0, 0.1) is 0 Å². The molecule has 0 spiro atoms. The van der Waals surface area contributed by atoms with Gasteiger partial charge in [0.25, 0.3) is 0 Å². The molecule has 2 aliphatic rings. The summed E-state index contributed by atoms with van der Waals surface area (Å²) >= 11 is 0. The van der Waals surface area contributed by atoms with E-state index in [0.717, 1.165) is 37.8 Å². The zero-order valence-corrected chi connectivity index (χ0v) is 10.9. The molecular weight excluding hydrogens is 228 g/mol. The van der Waals surface area contributed by atoms with Gasteiger partial charge >= 0.3 is 0 Å². The van der Waals surface area contributed by atoms with E-state index >= 15 is 0 Å². The van der Waals surface area contributed by atoms with Crippen molar-refractivity contribution in [3.63, 3.8) is 0 Å². The molecule has 1 unspecified atom stereocenters. The van der Waals surface area contributed by atoms with Gasteiger partial charge in [-0.15, -0.1) is 10.2 Å². The lowest BCUT2D eigenvalue weighted by Gasteiger charge is -2.23. The van der Waals surface area contributed by atoms with Crippen LogP contribution in [-0.4, -0.2) is 34.0 Å². The highest BCUT2D eigenvalue weighted by atomic mass is 16.5. The predicted molar refractivity (Wildman–Crippen MR) is 68.3 cm³/mol. The Kier molecular flexibility index (Phi) is 3.90. The quantitative estimate of drug-likeness (QED) is 0.874. The molecule has 1 saturated heterocycles. The van der Waals surface area contributed by atoms with Crippen LogP contribution in [0.15, 0.2) is 0 Å². The Morgan fingerprint density at radius 1 is 1.22 bits per heavy atom. The molecule has 100 valence electrons. The molecule has 0 aromatic carbocycles. The van der Waals surface area contributed by atoms with Gasteiger partial charge in [-0.3, -0.25) is 0 Å². The van der Waals surface area contributed by atoms with Crippen LogP contribution in [0.4, 0.5) is 0 Å². The molecular formula is C13H22N4O. The van der Waals surface area contributed by atoms with Gasteiger partial charge in [0.15, 0.2) is 5.82 Å². The minimum absolute atomic E-state index is 0.530. The second-order valence-electron chi connectivity index (χ2n) is 5.30. The number of aromatic nitrogens is 3. The smallest absolute Gasteiger partial charge is 0.159 e. The summed E-state index contributed by atoms with van der Waals surface area (Å²) in [6, 6.07) is 0.530. The van der Waals surface area contributed by atoms with Gasteiger partial charge in [-0.05, 0) is 32.2 Å². The second kappa shape index (κ2) is 5.80. The van der Waals surface area contributed by atoms with Gasteiger partial charge in [-0.2, -0.15) is 0 Å². The second-order valence-corrected chi connectivity index (χ2v) is 5.30. The van der Waals surface area contributed by atoms with Crippen LogP contribution >= 0.6 is 0 Å². The minimum atomic E-state index is 0.530. The molecule has 1 atom stereocenters. The third-order valence-corrected chi connectivity index (χ3v) is 3.90. The van der Waals surface area contributed by atoms with Gasteiger partial charge in [0.2, 0.25) is 0 Å². The SMILES string of the molecule is C1CCC(COCc2nnc3n2CCCC3)NC1. The van der Waals surface area contributed by atoms with Crippen molar-refractivity contribution < 1.29 is 4.74 Å². The Labute approximate surface area is 108 Å². The molecule has 18 heavy (non-hydrogen) atoms. The lowest BCUT2D eigenvalue weighted by atomic mass is 10.1. The van der Waals surface area contributed by atoms with Crippen LogP contribution in [0.2, 0.25) is 0 Å². The first-order valence-corrected chi connectivity index (χ1v) is 7.15. The fraction of sp³-hybridized carbons (Fsp3) is 0.846. The summed E-state index contributed by atoms with van der Waals surface area (Å²) in [6.45, 7) is 3.59. The Hall–Kier alpha value is -0.940. The summed E-state index contributed by atoms with van der Waals surface area (Å²) in [5, 5.41) is 12.0. The first kappa shape index (κ1) is 12.1. The topological polar surface area (TPSA) is 52.0 Å². The lowest BCUT2D eigenvalue weighted by Crippen LogP contribution is -2.37. The van der Waals surface area contributed by atoms with Crippen LogP contribution in [0.5, 0.6) is 0 Å². The van der Waals surface area contributed by atoms with Crippen molar-refractivity contribution in [2.75, 3.05) is 13.2 Å². The molecule has 3 heterocycles. The fourth-order valence-corrected chi connectivity index (χ4v) is 2.83. The summed E-state index contributed by atoms with van der Waals surface area (Å²) in [7, 11) is 0. The average Bonchev–Trinajstić information content (AvgIpc) is 2.84. The van der Waals surface area contributed by atoms with E-state index in [1.807, 2.05) is 0 Å². The zero-order valence-electron chi connectivity index (χ0n) is 10.9. The summed E-state index contributed by atoms with van der Waals surface area (Å²) < 4.78 is 8.03. The molecule has 1 aromatic rings. The van der Waals surface area contributed by atoms with Crippen LogP contribution in [-0.2, 0) is 24.3 Å². The lowest BCUT2D eigenvalue weighted by molar-refractivity contribution is 0.0843. The number of nitrogens with one attached hydrogen (secondary N) is 1. The maximum atomic E-state index is 5.80. The number of hydrogen-bond donors (Lipinski definition) is 1. The molecule has 0 amide bonds. The van der Waals surface area contributed by atoms with Crippen molar-refractivity contribution >= 4 is 0 Å². The highest BCUT2D eigenvalue weighted by Gasteiger charge is 2.17. The van der Waals surface area contributed by atoms with E-state index in [0.29, 0.717) is 12.6 Å². The molecule has 0 bridgehead atoms. The maximum Gasteiger partial charge on any atom is 0.159 e. The Bertz CT molecular complexity index is 384. The standard InChI is InChI=1S/C13H22N4O/c1-3-7-14-11(5-1)9-18-10-13-16-15-12-6-2-4-8-17(12)13/h11,14H,1-10H2. The number of hydrogen-bond acceptors (Lipinski definition) is 4. The molecule has 2 aliphatic heterocycles. The Morgan fingerprint density at radius 2 is 2.22 bits per heavy atom. The normalized spacial score (nSPS) is 23.9. The van der Waals surface area contributed by atoms with Gasteiger partial charge in [-0.25, -0.2) is 0 Å². The first-order valence-electron chi connectivity index (χ1n) is 7.15. The van der Waals surface area contributed by atoms with E-state index in [2.05, 4.69) is 20.1 Å². The molecule has 0 aliphatic carbocycles. The fourth-order valence-electron chi connectivity index (χ4n) is 2.83. The number of ether oxygens (including phenoxy) is 1. The Morgan fingerprint density at radius 3 is 3.11 bits per heavy atom. The molecule has 1 fully saturated rings. The van der Waals surface area contributed by atoms with Crippen LogP contribution in [0.3, 0.4) is 0 Å². The molecule has 1 aromatic heterocycles. The van der Waals surface area contributed by atoms with E-state index in [4.69, 9.17) is 4.74 Å². The molecule has 3 rings (SSSR count). The van der Waals surface area contributed by atoms with E-state index in [9.17, 15) is 0 Å². The first-order chi connectivity index (χ1) is 8.93. The molecule has 1 N–H and O–H groups in total. The van der Waals surface area contributed by atoms with E-state index < -0.39 is 0 Å². The van der Waals surface area contributed by atoms with Gasteiger partial charge in [0.1, 0.15) is 12.4 Å². The molecule has 5 nitrogen and oxygen atoms in total. The van der Waals surface area contributed by atoms with Gasteiger partial charge in [0, 0.05) is 19.0 Å². The predicted octanol–water partition coefficient (Wildman–Crippen LogP) is 1.27. The summed E-state index contributed by atoms with van der Waals surface area (Å²) in [5.41, 5.74) is 0. The molecule has 0 saturated carbocycles. The minimum Gasteiger partial charge on any atom is -0.372 e. The summed E-state index contributed by atoms with van der Waals surface area (Å²) in [6.07, 6.45) is 7.40. The average molecular weight is 250 g/mol. The van der Waals surface area contributed by atoms with Crippen LogP contribution in [0.25, 0.3) is 0 Å². The van der Waals surface area contributed by atoms with Crippen molar-refractivity contribution in [1.29, 1.82) is 0 Å². The summed E-state index contributed by atoms with van der Waals surface area (Å²) in [4.78, 5) is 0. The van der Waals surface area contributed by atoms with E-state index in [1.165, 1.54) is 32.1 Å². The van der Waals surface area contributed by atoms with Crippen molar-refractivity contribution in [3.8, 4) is 0 Å².